The van der Waals surface area contributed by atoms with E-state index in [1.165, 1.54) is 48.5 Å². The first-order chi connectivity index (χ1) is 33.2. The fourth-order valence-corrected chi connectivity index (χ4v) is 9.82. The lowest BCUT2D eigenvalue weighted by Gasteiger charge is -2.31. The summed E-state index contributed by atoms with van der Waals surface area (Å²) in [5, 5.41) is 1.34. The Morgan fingerprint density at radius 1 is 0.586 bits per heavy atom. The molecule has 2 aliphatic heterocycles. The van der Waals surface area contributed by atoms with E-state index in [0.29, 0.717) is 94.5 Å². The van der Waals surface area contributed by atoms with Gasteiger partial charge in [0, 0.05) is 57.6 Å². The van der Waals surface area contributed by atoms with Crippen molar-refractivity contribution in [2.45, 2.75) is 131 Å². The minimum Gasteiger partial charge on any atom is -0.457 e. The molecule has 4 aromatic carbocycles. The predicted octanol–water partition coefficient (Wildman–Crippen LogP) is 14.4. The van der Waals surface area contributed by atoms with Crippen molar-refractivity contribution in [3.63, 3.8) is 0 Å². The summed E-state index contributed by atoms with van der Waals surface area (Å²) in [6, 6.07) is 14.0. The van der Waals surface area contributed by atoms with E-state index in [-0.39, 0.29) is 23.0 Å². The fraction of sp³-hybridized carbons (Fsp3) is 0.415. The number of aromatic nitrogens is 2. The number of benzene rings is 4. The van der Waals surface area contributed by atoms with E-state index in [2.05, 4.69) is 9.47 Å². The molecule has 2 aliphatic rings. The lowest BCUT2D eigenvalue weighted by Crippen LogP contribution is -2.30. The SMILES string of the molecule is CCc1nc2cc(C)c(Oc3ccc(OC(F)(F)F)cc3)c(C)c2c(C(OC(=O)OC(c2c(C)c(CC)nc3cc(C)c(Oc4ccc(OC(F)(F)F)cc4)c(C)c23)C2CCCO2)C2CCCO2)c1C. The predicted molar refractivity (Wildman–Crippen MR) is 248 cm³/mol. The molecule has 17 heteroatoms. The van der Waals surface area contributed by atoms with Crippen molar-refractivity contribution in [1.82, 2.24) is 9.97 Å². The van der Waals surface area contributed by atoms with Crippen LogP contribution in [0.1, 0.15) is 108 Å². The molecule has 0 amide bonds. The van der Waals surface area contributed by atoms with Gasteiger partial charge in [0.1, 0.15) is 34.5 Å². The third kappa shape index (κ3) is 10.7. The van der Waals surface area contributed by atoms with Crippen LogP contribution in [0.3, 0.4) is 0 Å². The number of hydrogen-bond donors (Lipinski definition) is 0. The van der Waals surface area contributed by atoms with E-state index in [0.717, 1.165) is 46.5 Å². The molecule has 4 heterocycles. The van der Waals surface area contributed by atoms with Crippen molar-refractivity contribution in [2.24, 2.45) is 0 Å². The van der Waals surface area contributed by atoms with Crippen LogP contribution in [0.2, 0.25) is 0 Å². The minimum atomic E-state index is -4.85. The molecule has 70 heavy (non-hydrogen) atoms. The summed E-state index contributed by atoms with van der Waals surface area (Å²) >= 11 is 0. The molecule has 372 valence electrons. The Morgan fingerprint density at radius 3 is 1.26 bits per heavy atom. The van der Waals surface area contributed by atoms with E-state index in [9.17, 15) is 31.1 Å². The van der Waals surface area contributed by atoms with Gasteiger partial charge in [0.05, 0.1) is 23.2 Å². The molecule has 0 N–H and O–H groups in total. The van der Waals surface area contributed by atoms with Gasteiger partial charge in [0.25, 0.3) is 0 Å². The van der Waals surface area contributed by atoms with Crippen molar-refractivity contribution in [3.05, 3.63) is 117 Å². The number of nitrogens with zero attached hydrogens (tertiary/aromatic N) is 2. The van der Waals surface area contributed by atoms with Gasteiger partial charge < -0.3 is 37.9 Å². The monoisotopic (exact) mass is 976 g/mol. The molecule has 0 spiro atoms. The van der Waals surface area contributed by atoms with Gasteiger partial charge in [-0.1, -0.05) is 13.8 Å². The van der Waals surface area contributed by atoms with E-state index in [4.69, 9.17) is 38.4 Å². The van der Waals surface area contributed by atoms with E-state index < -0.39 is 43.3 Å². The van der Waals surface area contributed by atoms with Crippen LogP contribution in [0.4, 0.5) is 31.1 Å². The van der Waals surface area contributed by atoms with Crippen molar-refractivity contribution < 1.29 is 69.0 Å². The van der Waals surface area contributed by atoms with Gasteiger partial charge in [-0.05, 0) is 163 Å². The number of fused-ring (bicyclic) bond motifs is 2. The summed E-state index contributed by atoms with van der Waals surface area (Å²) in [5.41, 5.74) is 8.51. The van der Waals surface area contributed by atoms with Crippen LogP contribution < -0.4 is 18.9 Å². The number of carbonyl (C=O) groups is 1. The lowest BCUT2D eigenvalue weighted by atomic mass is 9.89. The third-order valence-electron chi connectivity index (χ3n) is 12.9. The molecule has 8 rings (SSSR count). The highest BCUT2D eigenvalue weighted by Crippen LogP contribution is 2.46. The maximum Gasteiger partial charge on any atom is 0.573 e. The third-order valence-corrected chi connectivity index (χ3v) is 12.9. The smallest absolute Gasteiger partial charge is 0.457 e. The molecule has 0 saturated carbocycles. The Morgan fingerprint density at radius 2 is 0.943 bits per heavy atom. The Bertz CT molecular complexity index is 2700. The van der Waals surface area contributed by atoms with E-state index in [1.807, 2.05) is 67.5 Å². The molecule has 2 aromatic heterocycles. The number of rotatable bonds is 14. The number of aryl methyl sites for hydroxylation is 6. The average molecular weight is 977 g/mol. The number of carbonyl (C=O) groups excluding carboxylic acids is 1. The zero-order chi connectivity index (χ0) is 50.2. The molecular weight excluding hydrogens is 923 g/mol. The highest BCUT2D eigenvalue weighted by atomic mass is 19.4. The highest BCUT2D eigenvalue weighted by Gasteiger charge is 2.40. The maximum absolute atomic E-state index is 14.9. The Kier molecular flexibility index (Phi) is 14.4. The van der Waals surface area contributed by atoms with Gasteiger partial charge in [-0.2, -0.15) is 0 Å². The van der Waals surface area contributed by atoms with Crippen LogP contribution in [0, 0.1) is 41.5 Å². The van der Waals surface area contributed by atoms with Crippen LogP contribution in [-0.2, 0) is 31.8 Å². The van der Waals surface area contributed by atoms with Gasteiger partial charge >= 0.3 is 18.9 Å². The zero-order valence-corrected chi connectivity index (χ0v) is 40.1. The van der Waals surface area contributed by atoms with Crippen LogP contribution in [0.5, 0.6) is 34.5 Å². The molecule has 11 nitrogen and oxygen atoms in total. The van der Waals surface area contributed by atoms with Crippen LogP contribution in [0.25, 0.3) is 21.8 Å². The molecular formula is C53H54F6N2O9. The second kappa shape index (κ2) is 20.2. The standard InChI is InChI=1S/C53H54F6N2O9/c1-9-37-29(5)45(43-31(7)47(27(3)25-39(43)60-37)65-33-15-19-35(20-16-33)69-52(54,55)56)49(41-13-11-23-63-41)67-51(62)68-50(42-14-12-24-64-42)46-30(6)38(10-2)61-40-26-28(4)48(32(8)44(40)46)66-34-17-21-36(22-18-34)70-53(57,58)59/h15-22,25-26,41-42,49-50H,9-14,23-24H2,1-8H3. The second-order valence-corrected chi connectivity index (χ2v) is 17.7. The summed E-state index contributed by atoms with van der Waals surface area (Å²) in [7, 11) is 0. The fourth-order valence-electron chi connectivity index (χ4n) is 9.82. The van der Waals surface area contributed by atoms with Crippen molar-refractivity contribution in [3.8, 4) is 34.5 Å². The summed E-state index contributed by atoms with van der Waals surface area (Å²) in [4.78, 5) is 24.9. The summed E-state index contributed by atoms with van der Waals surface area (Å²) in [6.45, 7) is 16.2. The lowest BCUT2D eigenvalue weighted by molar-refractivity contribution is -0.275. The quantitative estimate of drug-likeness (QED) is 0.0767. The zero-order valence-electron chi connectivity index (χ0n) is 40.1. The molecule has 4 unspecified atom stereocenters. The van der Waals surface area contributed by atoms with Gasteiger partial charge in [-0.3, -0.25) is 9.97 Å². The summed E-state index contributed by atoms with van der Waals surface area (Å²) in [5.74, 6) is 0.663. The number of halogens is 6. The largest absolute Gasteiger partial charge is 0.573 e. The van der Waals surface area contributed by atoms with Gasteiger partial charge in [-0.25, -0.2) is 4.79 Å². The topological polar surface area (TPSA) is 117 Å². The highest BCUT2D eigenvalue weighted by molar-refractivity contribution is 5.92. The second-order valence-electron chi connectivity index (χ2n) is 17.7. The van der Waals surface area contributed by atoms with Gasteiger partial charge in [0.15, 0.2) is 12.2 Å². The number of ether oxygens (including phenoxy) is 8. The Labute approximate surface area is 401 Å². The van der Waals surface area contributed by atoms with E-state index in [1.54, 1.807) is 0 Å². The van der Waals surface area contributed by atoms with Crippen molar-refractivity contribution >= 4 is 28.0 Å². The normalized spacial score (nSPS) is 17.2. The maximum atomic E-state index is 14.9. The molecule has 4 atom stereocenters. The van der Waals surface area contributed by atoms with Crippen molar-refractivity contribution in [1.29, 1.82) is 0 Å². The average Bonchev–Trinajstić information content (AvgIpc) is 4.05. The first kappa shape index (κ1) is 50.1. The Hall–Kier alpha value is -6.33. The molecule has 6 aromatic rings. The van der Waals surface area contributed by atoms with Gasteiger partial charge in [-0.15, -0.1) is 26.3 Å². The summed E-state index contributed by atoms with van der Waals surface area (Å²) < 4.78 is 124. The number of pyridine rings is 2. The number of hydrogen-bond acceptors (Lipinski definition) is 11. The van der Waals surface area contributed by atoms with E-state index >= 15 is 0 Å². The first-order valence-corrected chi connectivity index (χ1v) is 23.3. The molecule has 0 aliphatic carbocycles. The van der Waals surface area contributed by atoms with Crippen molar-refractivity contribution in [2.75, 3.05) is 13.2 Å². The molecule has 2 fully saturated rings. The van der Waals surface area contributed by atoms with Gasteiger partial charge in [0.2, 0.25) is 0 Å². The first-order valence-electron chi connectivity index (χ1n) is 23.3. The molecule has 0 bridgehead atoms. The van der Waals surface area contributed by atoms with Crippen LogP contribution >= 0.6 is 0 Å². The minimum absolute atomic E-state index is 0.273. The number of alkyl halides is 6. The summed E-state index contributed by atoms with van der Waals surface area (Å²) in [6.07, 6.45) is -10.0. The molecule has 2 saturated heterocycles. The Balaban J connectivity index is 1.20. The van der Waals surface area contributed by atoms with Crippen LogP contribution in [-0.4, -0.2) is 54.3 Å². The molecule has 0 radical (unpaired) electrons. The van der Waals surface area contributed by atoms with Crippen LogP contribution in [0.15, 0.2) is 60.7 Å².